The molecule has 1 aliphatic rings. The van der Waals surface area contributed by atoms with Crippen LogP contribution in [-0.4, -0.2) is 41.6 Å². The summed E-state index contributed by atoms with van der Waals surface area (Å²) in [5, 5.41) is 0. The van der Waals surface area contributed by atoms with Crippen LogP contribution in [0.15, 0.2) is 71.7 Å². The van der Waals surface area contributed by atoms with Gasteiger partial charge in [0.25, 0.3) is 0 Å². The summed E-state index contributed by atoms with van der Waals surface area (Å²) >= 11 is 0. The summed E-state index contributed by atoms with van der Waals surface area (Å²) in [6.45, 7) is 14.8. The van der Waals surface area contributed by atoms with Crippen molar-refractivity contribution in [3.05, 3.63) is 94.8 Å². The zero-order chi connectivity index (χ0) is 32.3. The first kappa shape index (κ1) is 33.7. The minimum atomic E-state index is -3.93. The molecule has 7 nitrogen and oxygen atoms in total. The molecule has 0 aromatic heterocycles. The summed E-state index contributed by atoms with van der Waals surface area (Å²) in [5.74, 6) is -0.144. The maximum absolute atomic E-state index is 15.2. The molecule has 44 heavy (non-hydrogen) atoms. The second-order valence-corrected chi connectivity index (χ2v) is 14.9. The topological polar surface area (TPSA) is 83.4 Å². The average molecular weight is 624 g/mol. The number of ether oxygens (including phenoxy) is 1. The van der Waals surface area contributed by atoms with Crippen molar-refractivity contribution in [1.82, 2.24) is 0 Å². The molecule has 1 heterocycles. The van der Waals surface area contributed by atoms with Gasteiger partial charge in [0.1, 0.15) is 18.0 Å². The van der Waals surface area contributed by atoms with Gasteiger partial charge in [0.15, 0.2) is 11.7 Å². The number of benzene rings is 3. The quantitative estimate of drug-likeness (QED) is 0.157. The van der Waals surface area contributed by atoms with Gasteiger partial charge in [-0.05, 0) is 78.5 Å². The predicted molar refractivity (Wildman–Crippen MR) is 172 cm³/mol. The Balaban J connectivity index is 1.45. The molecule has 236 valence electrons. The molecule has 0 spiro atoms. The number of hydrogen-bond acceptors (Lipinski definition) is 7. The van der Waals surface area contributed by atoms with E-state index < -0.39 is 30.4 Å². The number of halogens is 1. The maximum atomic E-state index is 15.2. The van der Waals surface area contributed by atoms with E-state index in [1.807, 2.05) is 43.3 Å². The highest BCUT2D eigenvalue weighted by Gasteiger charge is 2.43. The molecule has 0 aliphatic carbocycles. The largest absolute Gasteiger partial charge is 0.479 e. The van der Waals surface area contributed by atoms with Crippen molar-refractivity contribution in [3.63, 3.8) is 0 Å². The summed E-state index contributed by atoms with van der Waals surface area (Å²) in [6.07, 6.45) is 1.18. The molecule has 0 N–H and O–H groups in total. The SMILES string of the molecule is CC1=NC(CCc2ccc(-c3ccc(C(=O)c4ccc(C)cc4)cc3F)cc2)(COP(=O)(OC(C)(C)C)OC(C)(C)C)CO1. The molecule has 4 rings (SSSR count). The fraction of sp³-hybridized carbons (Fsp3) is 0.429. The molecule has 1 atom stereocenters. The van der Waals surface area contributed by atoms with E-state index in [0.29, 0.717) is 41.0 Å². The van der Waals surface area contributed by atoms with Crippen LogP contribution in [0.2, 0.25) is 0 Å². The van der Waals surface area contributed by atoms with Crippen LogP contribution in [0.25, 0.3) is 11.1 Å². The van der Waals surface area contributed by atoms with Gasteiger partial charge in [-0.3, -0.25) is 18.4 Å². The van der Waals surface area contributed by atoms with Crippen LogP contribution < -0.4 is 0 Å². The number of aryl methyl sites for hydroxylation is 2. The van der Waals surface area contributed by atoms with Crippen molar-refractivity contribution in [2.45, 2.75) is 85.0 Å². The molecule has 0 saturated carbocycles. The van der Waals surface area contributed by atoms with Crippen molar-refractivity contribution in [1.29, 1.82) is 0 Å². The zero-order valence-corrected chi connectivity index (χ0v) is 27.8. The number of nitrogens with zero attached hydrogens (tertiary/aromatic N) is 1. The molecular weight excluding hydrogens is 580 g/mol. The second kappa shape index (κ2) is 13.1. The van der Waals surface area contributed by atoms with Crippen LogP contribution in [0.3, 0.4) is 0 Å². The lowest BCUT2D eigenvalue weighted by Crippen LogP contribution is -2.36. The van der Waals surface area contributed by atoms with Gasteiger partial charge in [-0.2, -0.15) is 0 Å². The van der Waals surface area contributed by atoms with Gasteiger partial charge in [-0.25, -0.2) is 13.9 Å². The van der Waals surface area contributed by atoms with Gasteiger partial charge in [0, 0.05) is 23.6 Å². The third-order valence-corrected chi connectivity index (χ3v) is 8.88. The number of carbonyl (C=O) groups is 1. The number of phosphoric ester groups is 1. The Hall–Kier alpha value is -3.16. The van der Waals surface area contributed by atoms with Crippen LogP contribution in [-0.2, 0) is 29.3 Å². The number of hydrogen-bond donors (Lipinski definition) is 0. The van der Waals surface area contributed by atoms with E-state index in [2.05, 4.69) is 0 Å². The highest BCUT2D eigenvalue weighted by molar-refractivity contribution is 7.48. The number of phosphoric acid groups is 1. The van der Waals surface area contributed by atoms with Crippen LogP contribution >= 0.6 is 7.82 Å². The van der Waals surface area contributed by atoms with Crippen LogP contribution in [0, 0.1) is 12.7 Å². The van der Waals surface area contributed by atoms with E-state index in [9.17, 15) is 9.36 Å². The summed E-state index contributed by atoms with van der Waals surface area (Å²) in [4.78, 5) is 17.5. The van der Waals surface area contributed by atoms with Gasteiger partial charge in [-0.1, -0.05) is 66.2 Å². The van der Waals surface area contributed by atoms with E-state index >= 15 is 4.39 Å². The summed E-state index contributed by atoms with van der Waals surface area (Å²) < 4.78 is 52.0. The average Bonchev–Trinajstić information content (AvgIpc) is 3.30. The second-order valence-electron chi connectivity index (χ2n) is 13.4. The number of carbonyl (C=O) groups excluding carboxylic acids is 1. The smallest absolute Gasteiger partial charge is 0.475 e. The monoisotopic (exact) mass is 623 g/mol. The van der Waals surface area contributed by atoms with E-state index in [0.717, 1.165) is 11.1 Å². The molecule has 1 aliphatic heterocycles. The first-order valence-corrected chi connectivity index (χ1v) is 16.3. The molecular formula is C35H43FNO6P. The number of ketones is 1. The van der Waals surface area contributed by atoms with E-state index in [1.54, 1.807) is 72.7 Å². The fourth-order valence-corrected chi connectivity index (χ4v) is 6.73. The predicted octanol–water partition coefficient (Wildman–Crippen LogP) is 8.91. The van der Waals surface area contributed by atoms with Crippen molar-refractivity contribution in [2.24, 2.45) is 4.99 Å². The Bertz CT molecular complexity index is 1530. The van der Waals surface area contributed by atoms with Gasteiger partial charge in [0.2, 0.25) is 0 Å². The first-order valence-electron chi connectivity index (χ1n) is 14.8. The Kier molecular flexibility index (Phi) is 10.0. The van der Waals surface area contributed by atoms with Crippen molar-refractivity contribution >= 4 is 19.5 Å². The lowest BCUT2D eigenvalue weighted by Gasteiger charge is -2.33. The van der Waals surface area contributed by atoms with Crippen LogP contribution in [0.5, 0.6) is 0 Å². The van der Waals surface area contributed by atoms with E-state index in [4.69, 9.17) is 23.3 Å². The van der Waals surface area contributed by atoms with Gasteiger partial charge < -0.3 is 4.74 Å². The van der Waals surface area contributed by atoms with Crippen LogP contribution in [0.1, 0.15) is 81.9 Å². The number of rotatable bonds is 11. The van der Waals surface area contributed by atoms with Gasteiger partial charge in [-0.15, -0.1) is 0 Å². The Labute approximate surface area is 260 Å². The Morgan fingerprint density at radius 2 is 1.50 bits per heavy atom. The zero-order valence-electron chi connectivity index (χ0n) is 26.9. The molecule has 0 radical (unpaired) electrons. The molecule has 0 bridgehead atoms. The highest BCUT2D eigenvalue weighted by atomic mass is 31.2. The summed E-state index contributed by atoms with van der Waals surface area (Å²) in [6, 6.07) is 19.4. The lowest BCUT2D eigenvalue weighted by atomic mass is 9.93. The molecule has 9 heteroatoms. The third kappa shape index (κ3) is 9.18. The van der Waals surface area contributed by atoms with E-state index in [1.165, 1.54) is 6.07 Å². The highest BCUT2D eigenvalue weighted by Crippen LogP contribution is 2.56. The molecule has 0 saturated heterocycles. The maximum Gasteiger partial charge on any atom is 0.475 e. The van der Waals surface area contributed by atoms with Gasteiger partial charge in [0.05, 0.1) is 17.8 Å². The molecule has 0 fully saturated rings. The van der Waals surface area contributed by atoms with Crippen molar-refractivity contribution in [3.8, 4) is 11.1 Å². The standard InChI is InChI=1S/C35H43FNO6P/c1-24-9-13-28(14-10-24)32(38)29-17-18-30(31(36)21-29)27-15-11-26(12-16-27)19-20-35(22-40-25(2)37-35)23-41-44(39,42-33(3,4)5)43-34(6,7)8/h9-18,21H,19-20,22-23H2,1-8H3. The first-order chi connectivity index (χ1) is 20.4. The normalized spacial score (nSPS) is 17.3. The Morgan fingerprint density at radius 1 is 0.909 bits per heavy atom. The summed E-state index contributed by atoms with van der Waals surface area (Å²) in [5.41, 5.74) is 1.74. The third-order valence-electron chi connectivity index (χ3n) is 6.90. The minimum absolute atomic E-state index is 0.00920. The molecule has 3 aromatic rings. The molecule has 0 amide bonds. The van der Waals surface area contributed by atoms with Gasteiger partial charge >= 0.3 is 7.82 Å². The Morgan fingerprint density at radius 3 is 2.02 bits per heavy atom. The number of aliphatic imine (C=N–C) groups is 1. The van der Waals surface area contributed by atoms with Crippen molar-refractivity contribution < 1.29 is 32.1 Å². The minimum Gasteiger partial charge on any atom is -0.479 e. The summed E-state index contributed by atoms with van der Waals surface area (Å²) in [7, 11) is -3.93. The van der Waals surface area contributed by atoms with Crippen LogP contribution in [0.4, 0.5) is 4.39 Å². The van der Waals surface area contributed by atoms with E-state index in [-0.39, 0.29) is 19.0 Å². The fourth-order valence-electron chi connectivity index (χ4n) is 4.84. The lowest BCUT2D eigenvalue weighted by molar-refractivity contribution is -0.00467. The molecule has 1 unspecified atom stereocenters. The molecule has 3 aromatic carbocycles. The van der Waals surface area contributed by atoms with Crippen molar-refractivity contribution in [2.75, 3.05) is 13.2 Å².